The Morgan fingerprint density at radius 2 is 2.24 bits per heavy atom. The van der Waals surface area contributed by atoms with Crippen molar-refractivity contribution in [1.29, 1.82) is 5.26 Å². The number of nitriles is 1. The van der Waals surface area contributed by atoms with Crippen molar-refractivity contribution in [1.82, 2.24) is 14.5 Å². The zero-order valence-corrected chi connectivity index (χ0v) is 11.6. The number of nitrogens with zero attached hydrogens (tertiary/aromatic N) is 3. The number of nitrogen functional groups attached to an aromatic ring is 1. The van der Waals surface area contributed by atoms with Gasteiger partial charge in [-0.05, 0) is 18.2 Å². The minimum Gasteiger partial charge on any atom is -0.396 e. The van der Waals surface area contributed by atoms with Crippen LogP contribution in [0.5, 0.6) is 0 Å². The molecule has 1 aromatic heterocycles. The number of aromatic nitrogens is 2. The highest BCUT2D eigenvalue weighted by Gasteiger charge is 2.15. The van der Waals surface area contributed by atoms with Gasteiger partial charge in [-0.2, -0.15) is 10.4 Å². The van der Waals surface area contributed by atoms with Gasteiger partial charge in [0, 0.05) is 12.7 Å². The highest BCUT2D eigenvalue weighted by Crippen LogP contribution is 2.14. The van der Waals surface area contributed by atoms with E-state index in [4.69, 9.17) is 11.0 Å². The zero-order valence-electron chi connectivity index (χ0n) is 10.8. The van der Waals surface area contributed by atoms with Crippen LogP contribution in [0.25, 0.3) is 0 Å². The van der Waals surface area contributed by atoms with E-state index in [-0.39, 0.29) is 17.0 Å². The van der Waals surface area contributed by atoms with E-state index in [9.17, 15) is 12.8 Å². The molecule has 0 amide bonds. The van der Waals surface area contributed by atoms with Crippen molar-refractivity contribution < 1.29 is 12.8 Å². The van der Waals surface area contributed by atoms with E-state index in [0.29, 0.717) is 12.2 Å². The van der Waals surface area contributed by atoms with Gasteiger partial charge < -0.3 is 5.73 Å². The third-order valence-electron chi connectivity index (χ3n) is 2.65. The maximum absolute atomic E-state index is 13.2. The molecule has 21 heavy (non-hydrogen) atoms. The number of nitrogens with one attached hydrogen (secondary N) is 1. The molecule has 0 aliphatic rings. The molecular formula is C12H12FN5O2S. The minimum atomic E-state index is -3.81. The summed E-state index contributed by atoms with van der Waals surface area (Å²) in [4.78, 5) is -0.166. The third kappa shape index (κ3) is 3.56. The minimum absolute atomic E-state index is 0.0860. The molecule has 7 nitrogen and oxygen atoms in total. The van der Waals surface area contributed by atoms with E-state index in [1.54, 1.807) is 12.3 Å². The number of hydrogen-bond donors (Lipinski definition) is 2. The van der Waals surface area contributed by atoms with Crippen LogP contribution in [0.2, 0.25) is 0 Å². The summed E-state index contributed by atoms with van der Waals surface area (Å²) < 4.78 is 41.0. The summed E-state index contributed by atoms with van der Waals surface area (Å²) in [6.45, 7) is 0.380. The molecule has 2 aromatic rings. The van der Waals surface area contributed by atoms with E-state index >= 15 is 0 Å². The van der Waals surface area contributed by atoms with E-state index < -0.39 is 15.8 Å². The van der Waals surface area contributed by atoms with Gasteiger partial charge in [-0.15, -0.1) is 0 Å². The molecule has 0 radical (unpaired) electrons. The average Bonchev–Trinajstić information content (AvgIpc) is 2.84. The van der Waals surface area contributed by atoms with Gasteiger partial charge in [-0.1, -0.05) is 0 Å². The van der Waals surface area contributed by atoms with Crippen LogP contribution < -0.4 is 10.5 Å². The van der Waals surface area contributed by atoms with E-state index in [2.05, 4.69) is 9.82 Å². The third-order valence-corrected chi connectivity index (χ3v) is 4.11. The van der Waals surface area contributed by atoms with Gasteiger partial charge in [0.05, 0.1) is 28.9 Å². The van der Waals surface area contributed by atoms with Gasteiger partial charge in [0.25, 0.3) is 0 Å². The molecule has 0 bridgehead atoms. The highest BCUT2D eigenvalue weighted by molar-refractivity contribution is 7.89. The smallest absolute Gasteiger partial charge is 0.240 e. The fourth-order valence-electron chi connectivity index (χ4n) is 1.64. The maximum Gasteiger partial charge on any atom is 0.240 e. The topological polar surface area (TPSA) is 114 Å². The number of benzene rings is 1. The van der Waals surface area contributed by atoms with Crippen LogP contribution in [0, 0.1) is 17.1 Å². The van der Waals surface area contributed by atoms with Crippen LogP contribution >= 0.6 is 0 Å². The summed E-state index contributed by atoms with van der Waals surface area (Å²) in [5.41, 5.74) is 5.65. The Bertz CT molecular complexity index is 794. The molecule has 0 fully saturated rings. The first-order valence-electron chi connectivity index (χ1n) is 5.89. The van der Waals surface area contributed by atoms with Crippen molar-refractivity contribution in [2.45, 2.75) is 11.4 Å². The number of hydrogen-bond acceptors (Lipinski definition) is 5. The summed E-state index contributed by atoms with van der Waals surface area (Å²) in [6.07, 6.45) is 3.02. The summed E-state index contributed by atoms with van der Waals surface area (Å²) in [5.74, 6) is -0.761. The standard InChI is InChI=1S/C12H12FN5O2S/c13-12-2-1-11(5-9(12)6-14)21(19,20)17-3-4-18-8-10(15)7-16-18/h1-2,5,7-8,17H,3-4,15H2. The van der Waals surface area contributed by atoms with Crippen LogP contribution in [0.4, 0.5) is 10.1 Å². The van der Waals surface area contributed by atoms with Crippen molar-refractivity contribution >= 4 is 15.7 Å². The number of halogens is 1. The molecule has 0 atom stereocenters. The first-order valence-corrected chi connectivity index (χ1v) is 7.38. The predicted molar refractivity (Wildman–Crippen MR) is 72.9 cm³/mol. The molecule has 0 unspecified atom stereocenters. The average molecular weight is 309 g/mol. The fourth-order valence-corrected chi connectivity index (χ4v) is 2.68. The molecule has 9 heteroatoms. The Kier molecular flexibility index (Phi) is 4.21. The monoisotopic (exact) mass is 309 g/mol. The molecule has 0 spiro atoms. The van der Waals surface area contributed by atoms with Crippen LogP contribution in [0.1, 0.15) is 5.56 Å². The normalized spacial score (nSPS) is 11.2. The molecule has 110 valence electrons. The molecule has 1 aromatic carbocycles. The predicted octanol–water partition coefficient (Wildman–Crippen LogP) is 0.455. The van der Waals surface area contributed by atoms with E-state index in [1.807, 2.05) is 0 Å². The largest absolute Gasteiger partial charge is 0.396 e. The van der Waals surface area contributed by atoms with Gasteiger partial charge >= 0.3 is 0 Å². The summed E-state index contributed by atoms with van der Waals surface area (Å²) >= 11 is 0. The summed E-state index contributed by atoms with van der Waals surface area (Å²) in [5, 5.41) is 12.6. The Morgan fingerprint density at radius 1 is 1.48 bits per heavy atom. The molecule has 1 heterocycles. The lowest BCUT2D eigenvalue weighted by Crippen LogP contribution is -2.27. The first kappa shape index (κ1) is 15.0. The van der Waals surface area contributed by atoms with Crippen molar-refractivity contribution in [3.8, 4) is 6.07 Å². The Hall–Kier alpha value is -2.44. The van der Waals surface area contributed by atoms with E-state index in [0.717, 1.165) is 18.2 Å². The lowest BCUT2D eigenvalue weighted by atomic mass is 10.2. The van der Waals surface area contributed by atoms with Crippen molar-refractivity contribution in [2.24, 2.45) is 0 Å². The molecule has 0 aliphatic carbocycles. The molecule has 0 saturated heterocycles. The molecule has 2 rings (SSSR count). The van der Waals surface area contributed by atoms with Gasteiger partial charge in [-0.3, -0.25) is 4.68 Å². The van der Waals surface area contributed by atoms with Crippen molar-refractivity contribution in [3.63, 3.8) is 0 Å². The second-order valence-electron chi connectivity index (χ2n) is 4.19. The lowest BCUT2D eigenvalue weighted by Gasteiger charge is -2.07. The van der Waals surface area contributed by atoms with Crippen LogP contribution in [0.15, 0.2) is 35.5 Å². The maximum atomic E-state index is 13.2. The molecular weight excluding hydrogens is 297 g/mol. The van der Waals surface area contributed by atoms with Crippen LogP contribution in [0.3, 0.4) is 0 Å². The first-order chi connectivity index (χ1) is 9.92. The number of nitrogens with two attached hydrogens (primary N) is 1. The zero-order chi connectivity index (χ0) is 15.5. The number of rotatable bonds is 5. The molecule has 0 aliphatic heterocycles. The fraction of sp³-hybridized carbons (Fsp3) is 0.167. The Morgan fingerprint density at radius 3 is 2.86 bits per heavy atom. The van der Waals surface area contributed by atoms with Gasteiger partial charge in [0.2, 0.25) is 10.0 Å². The molecule has 3 N–H and O–H groups in total. The number of sulfonamides is 1. The second-order valence-corrected chi connectivity index (χ2v) is 5.95. The Balaban J connectivity index is 2.06. The SMILES string of the molecule is N#Cc1cc(S(=O)(=O)NCCn2cc(N)cn2)ccc1F. The van der Waals surface area contributed by atoms with Crippen LogP contribution in [-0.2, 0) is 16.6 Å². The molecule has 0 saturated carbocycles. The number of anilines is 1. The second kappa shape index (κ2) is 5.90. The summed E-state index contributed by atoms with van der Waals surface area (Å²) in [6, 6.07) is 4.63. The van der Waals surface area contributed by atoms with Crippen molar-refractivity contribution in [2.75, 3.05) is 12.3 Å². The lowest BCUT2D eigenvalue weighted by molar-refractivity contribution is 0.560. The summed E-state index contributed by atoms with van der Waals surface area (Å²) in [7, 11) is -3.81. The van der Waals surface area contributed by atoms with Crippen LogP contribution in [-0.4, -0.2) is 24.7 Å². The Labute approximate surface area is 120 Å². The highest BCUT2D eigenvalue weighted by atomic mass is 32.2. The van der Waals surface area contributed by atoms with Gasteiger partial charge in [0.1, 0.15) is 11.9 Å². The quantitative estimate of drug-likeness (QED) is 0.832. The van der Waals surface area contributed by atoms with Crippen molar-refractivity contribution in [3.05, 3.63) is 42.0 Å². The van der Waals surface area contributed by atoms with E-state index in [1.165, 1.54) is 10.9 Å². The van der Waals surface area contributed by atoms with Gasteiger partial charge in [-0.25, -0.2) is 17.5 Å². The van der Waals surface area contributed by atoms with Gasteiger partial charge in [0.15, 0.2) is 0 Å².